The minimum absolute atomic E-state index is 0.637. The lowest BCUT2D eigenvalue weighted by atomic mass is 10.0. The first-order chi connectivity index (χ1) is 25.8. The first-order valence-corrected chi connectivity index (χ1v) is 17.3. The zero-order valence-electron chi connectivity index (χ0n) is 28.0. The van der Waals surface area contributed by atoms with Crippen molar-refractivity contribution in [1.29, 1.82) is 0 Å². The molecule has 2 aromatic heterocycles. The summed E-state index contributed by atoms with van der Waals surface area (Å²) in [7, 11) is 0. The van der Waals surface area contributed by atoms with Gasteiger partial charge in [0.1, 0.15) is 0 Å². The molecule has 3 heterocycles. The van der Waals surface area contributed by atoms with Crippen molar-refractivity contribution in [1.82, 2.24) is 24.5 Å². The van der Waals surface area contributed by atoms with Gasteiger partial charge in [-0.2, -0.15) is 0 Å². The molecule has 0 unspecified atom stereocenters. The summed E-state index contributed by atoms with van der Waals surface area (Å²) in [4.78, 5) is 22.1. The normalized spacial score (nSPS) is 11.8. The predicted octanol–water partition coefficient (Wildman–Crippen LogP) is 11.3. The second kappa shape index (κ2) is 12.3. The third kappa shape index (κ3) is 5.05. The van der Waals surface area contributed by atoms with Crippen LogP contribution in [0.3, 0.4) is 0 Å². The number of hydrogen-bond acceptors (Lipinski definition) is 5. The van der Waals surface area contributed by atoms with E-state index in [1.165, 1.54) is 5.56 Å². The Kier molecular flexibility index (Phi) is 7.03. The fourth-order valence-corrected chi connectivity index (χ4v) is 7.11. The number of para-hydroxylation sites is 4. The molecule has 0 atom stereocenters. The molecular weight excluding hydrogens is 637 g/mol. The van der Waals surface area contributed by atoms with Gasteiger partial charge in [0.2, 0.25) is 5.95 Å². The average molecular weight is 667 g/mol. The summed E-state index contributed by atoms with van der Waals surface area (Å²) in [6, 6.07) is 62.8. The van der Waals surface area contributed by atoms with E-state index in [9.17, 15) is 0 Å². The molecule has 6 nitrogen and oxygen atoms in total. The van der Waals surface area contributed by atoms with Gasteiger partial charge in [0, 0.05) is 33.5 Å². The number of aromatic nitrogens is 5. The minimum Gasteiger partial charge on any atom is -0.280 e. The van der Waals surface area contributed by atoms with Crippen LogP contribution < -0.4 is 4.90 Å². The van der Waals surface area contributed by atoms with Gasteiger partial charge in [-0.05, 0) is 47.5 Å². The van der Waals surface area contributed by atoms with Crippen LogP contribution in [-0.4, -0.2) is 24.5 Å². The molecule has 0 aliphatic carbocycles. The van der Waals surface area contributed by atoms with E-state index in [2.05, 4.69) is 125 Å². The van der Waals surface area contributed by atoms with Gasteiger partial charge in [-0.25, -0.2) is 19.9 Å². The Bertz CT molecular complexity index is 2660. The molecule has 0 N–H and O–H groups in total. The van der Waals surface area contributed by atoms with Crippen LogP contribution >= 0.6 is 0 Å². The highest BCUT2D eigenvalue weighted by Crippen LogP contribution is 2.47. The maximum Gasteiger partial charge on any atom is 0.220 e. The first kappa shape index (κ1) is 29.7. The number of benzene rings is 7. The van der Waals surface area contributed by atoms with Gasteiger partial charge in [0.15, 0.2) is 17.5 Å². The molecule has 52 heavy (non-hydrogen) atoms. The van der Waals surface area contributed by atoms with Crippen molar-refractivity contribution in [3.63, 3.8) is 0 Å². The van der Waals surface area contributed by atoms with Crippen molar-refractivity contribution in [2.45, 2.75) is 0 Å². The van der Waals surface area contributed by atoms with Crippen LogP contribution in [0.15, 0.2) is 182 Å². The number of anilines is 3. The zero-order valence-corrected chi connectivity index (χ0v) is 28.0. The highest BCUT2D eigenvalue weighted by molar-refractivity contribution is 5.96. The lowest BCUT2D eigenvalue weighted by Gasteiger charge is -2.24. The van der Waals surface area contributed by atoms with Crippen molar-refractivity contribution < 1.29 is 0 Å². The molecule has 0 fully saturated rings. The summed E-state index contributed by atoms with van der Waals surface area (Å²) >= 11 is 0. The lowest BCUT2D eigenvalue weighted by Crippen LogP contribution is -2.14. The Morgan fingerprint density at radius 1 is 0.327 bits per heavy atom. The Balaban J connectivity index is 1.03. The summed E-state index contributed by atoms with van der Waals surface area (Å²) in [5.41, 5.74) is 12.6. The summed E-state index contributed by atoms with van der Waals surface area (Å²) in [6.07, 6.45) is 0. The molecule has 0 saturated heterocycles. The van der Waals surface area contributed by atoms with E-state index in [4.69, 9.17) is 19.9 Å². The number of rotatable bonds is 5. The molecule has 10 rings (SSSR count). The van der Waals surface area contributed by atoms with Crippen molar-refractivity contribution in [3.05, 3.63) is 182 Å². The van der Waals surface area contributed by atoms with E-state index in [0.717, 1.165) is 67.4 Å². The highest BCUT2D eigenvalue weighted by Gasteiger charge is 2.28. The average Bonchev–Trinajstić information content (AvgIpc) is 3.55. The summed E-state index contributed by atoms with van der Waals surface area (Å²) in [5.74, 6) is 2.79. The topological polar surface area (TPSA) is 59.7 Å². The van der Waals surface area contributed by atoms with Crippen LogP contribution in [0.25, 0.3) is 73.1 Å². The second-order valence-corrected chi connectivity index (χ2v) is 12.8. The van der Waals surface area contributed by atoms with Crippen LogP contribution in [0.4, 0.5) is 17.3 Å². The van der Waals surface area contributed by atoms with Crippen LogP contribution in [0.5, 0.6) is 0 Å². The van der Waals surface area contributed by atoms with Crippen molar-refractivity contribution in [2.75, 3.05) is 4.90 Å². The van der Waals surface area contributed by atoms with E-state index in [1.807, 2.05) is 66.7 Å². The van der Waals surface area contributed by atoms with E-state index in [0.29, 0.717) is 17.5 Å². The van der Waals surface area contributed by atoms with E-state index < -0.39 is 0 Å². The predicted molar refractivity (Wildman–Crippen MR) is 210 cm³/mol. The zero-order chi connectivity index (χ0) is 34.4. The fourth-order valence-electron chi connectivity index (χ4n) is 7.11. The molecule has 0 saturated carbocycles. The van der Waals surface area contributed by atoms with Gasteiger partial charge in [-0.1, -0.05) is 146 Å². The van der Waals surface area contributed by atoms with E-state index in [-0.39, 0.29) is 0 Å². The third-order valence-electron chi connectivity index (χ3n) is 9.62. The SMILES string of the molecule is c1ccc(-c2nc(-c3ccccc3)nc(-c3ccc(-c4ccc(N5c6ccccc6-c6ccccc6-n6c5nc5ccccc56)cc4)cc3)n2)cc1. The molecule has 0 radical (unpaired) electrons. The molecule has 9 aromatic rings. The Morgan fingerprint density at radius 2 is 0.769 bits per heavy atom. The Morgan fingerprint density at radius 3 is 1.38 bits per heavy atom. The smallest absolute Gasteiger partial charge is 0.220 e. The highest BCUT2D eigenvalue weighted by atomic mass is 15.3. The molecule has 0 amide bonds. The molecule has 6 heteroatoms. The number of imidazole rings is 1. The van der Waals surface area contributed by atoms with Crippen molar-refractivity contribution in [2.24, 2.45) is 0 Å². The summed E-state index contributed by atoms with van der Waals surface area (Å²) in [6.45, 7) is 0. The molecule has 1 aliphatic heterocycles. The molecule has 7 aromatic carbocycles. The lowest BCUT2D eigenvalue weighted by molar-refractivity contribution is 1.05. The minimum atomic E-state index is 0.637. The summed E-state index contributed by atoms with van der Waals surface area (Å²) in [5, 5.41) is 0. The molecule has 0 spiro atoms. The number of hydrogen-bond donors (Lipinski definition) is 0. The Hall–Kier alpha value is -7.18. The van der Waals surface area contributed by atoms with Crippen LogP contribution in [0.1, 0.15) is 0 Å². The van der Waals surface area contributed by atoms with E-state index >= 15 is 0 Å². The molecule has 1 aliphatic rings. The van der Waals surface area contributed by atoms with Crippen LogP contribution in [-0.2, 0) is 0 Å². The number of nitrogens with zero attached hydrogens (tertiary/aromatic N) is 6. The van der Waals surface area contributed by atoms with Crippen LogP contribution in [0.2, 0.25) is 0 Å². The molecule has 0 bridgehead atoms. The maximum absolute atomic E-state index is 5.21. The van der Waals surface area contributed by atoms with Crippen molar-refractivity contribution >= 4 is 28.4 Å². The van der Waals surface area contributed by atoms with E-state index in [1.54, 1.807) is 0 Å². The fraction of sp³-hybridized carbons (Fsp3) is 0. The van der Waals surface area contributed by atoms with Gasteiger partial charge < -0.3 is 0 Å². The van der Waals surface area contributed by atoms with Crippen molar-refractivity contribution in [3.8, 4) is 62.1 Å². The Labute approximate surface area is 301 Å². The molecular formula is C46H30N6. The number of fused-ring (bicyclic) bond motifs is 7. The van der Waals surface area contributed by atoms with Gasteiger partial charge in [0.05, 0.1) is 22.4 Å². The van der Waals surface area contributed by atoms with Crippen LogP contribution in [0, 0.1) is 0 Å². The monoisotopic (exact) mass is 666 g/mol. The third-order valence-corrected chi connectivity index (χ3v) is 9.62. The molecule has 244 valence electrons. The maximum atomic E-state index is 5.21. The largest absolute Gasteiger partial charge is 0.280 e. The van der Waals surface area contributed by atoms with Gasteiger partial charge in [-0.3, -0.25) is 9.47 Å². The summed E-state index contributed by atoms with van der Waals surface area (Å²) < 4.78 is 2.28. The standard InChI is InChI=1S/C46H30N6/c1-3-13-33(14-4-1)43-48-44(34-15-5-2-6-16-34)50-45(49-43)35-25-23-31(24-26-35)32-27-29-36(30-28-32)51-40-20-10-7-17-37(40)38-18-8-11-21-41(38)52-42-22-12-9-19-39(42)47-46(51)52/h1-30H. The van der Waals surface area contributed by atoms with Gasteiger partial charge >= 0.3 is 0 Å². The second-order valence-electron chi connectivity index (χ2n) is 12.8. The van der Waals surface area contributed by atoms with Gasteiger partial charge in [0.25, 0.3) is 0 Å². The van der Waals surface area contributed by atoms with Gasteiger partial charge in [-0.15, -0.1) is 0 Å². The first-order valence-electron chi connectivity index (χ1n) is 17.3. The quantitative estimate of drug-likeness (QED) is 0.183.